The largest absolute Gasteiger partial charge is 0.240 e. The van der Waals surface area contributed by atoms with Gasteiger partial charge in [0.15, 0.2) is 0 Å². The molecule has 0 heterocycles. The Morgan fingerprint density at radius 2 is 1.41 bits per heavy atom. The highest BCUT2D eigenvalue weighted by Gasteiger charge is 2.20. The summed E-state index contributed by atoms with van der Waals surface area (Å²) in [5.74, 6) is 0. The van der Waals surface area contributed by atoms with Crippen LogP contribution < -0.4 is 9.86 Å². The zero-order valence-corrected chi connectivity index (χ0v) is 17.3. The maximum Gasteiger partial charge on any atom is 0.240 e. The topological polar surface area (TPSA) is 106 Å². The van der Waals surface area contributed by atoms with Gasteiger partial charge in [0.1, 0.15) is 0 Å². The third kappa shape index (κ3) is 8.21. The number of sulfonamides is 2. The highest BCUT2D eigenvalue weighted by molar-refractivity contribution is 7.89. The van der Waals surface area contributed by atoms with Crippen molar-refractivity contribution in [1.82, 2.24) is 4.72 Å². The van der Waals surface area contributed by atoms with Crippen molar-refractivity contribution in [3.8, 4) is 0 Å². The number of hydrogen-bond acceptors (Lipinski definition) is 4. The van der Waals surface area contributed by atoms with Crippen LogP contribution in [0, 0.1) is 0 Å². The van der Waals surface area contributed by atoms with E-state index in [1.807, 2.05) is 32.0 Å². The molecule has 0 aliphatic heterocycles. The summed E-state index contributed by atoms with van der Waals surface area (Å²) in [7, 11) is -6.75. The highest BCUT2D eigenvalue weighted by atomic mass is 32.2. The first kappa shape index (κ1) is 23.3. The minimum atomic E-state index is -3.47. The molecule has 0 saturated heterocycles. The van der Waals surface area contributed by atoms with Gasteiger partial charge in [-0.3, -0.25) is 0 Å². The van der Waals surface area contributed by atoms with E-state index >= 15 is 0 Å². The van der Waals surface area contributed by atoms with Crippen LogP contribution in [0.5, 0.6) is 0 Å². The van der Waals surface area contributed by atoms with Crippen LogP contribution in [0.3, 0.4) is 0 Å². The maximum atomic E-state index is 11.6. The average Bonchev–Trinajstić information content (AvgIpc) is 2.63. The van der Waals surface area contributed by atoms with Gasteiger partial charge in [0, 0.05) is 6.54 Å². The normalized spacial score (nSPS) is 12.7. The smallest absolute Gasteiger partial charge is 0.228 e. The molecular weight excluding hydrogens is 384 g/mol. The summed E-state index contributed by atoms with van der Waals surface area (Å²) in [6.07, 6.45) is 2.35. The number of benzene rings is 2. The first-order valence-corrected chi connectivity index (χ1v) is 11.9. The molecule has 0 aliphatic rings. The highest BCUT2D eigenvalue weighted by Crippen LogP contribution is 2.22. The maximum absolute atomic E-state index is 11.6. The fourth-order valence-corrected chi connectivity index (χ4v) is 4.49. The summed E-state index contributed by atoms with van der Waals surface area (Å²) >= 11 is 0. The van der Waals surface area contributed by atoms with Crippen molar-refractivity contribution in [3.05, 3.63) is 66.2 Å². The van der Waals surface area contributed by atoms with Crippen LogP contribution in [0.25, 0.3) is 0 Å². The van der Waals surface area contributed by atoms with Crippen LogP contribution in [0.15, 0.2) is 65.6 Å². The number of unbranched alkanes of at least 4 members (excludes halogenated alkanes) is 1. The summed E-state index contributed by atoms with van der Waals surface area (Å²) in [6.45, 7) is 4.34. The van der Waals surface area contributed by atoms with Crippen molar-refractivity contribution in [2.24, 2.45) is 5.14 Å². The van der Waals surface area contributed by atoms with Crippen molar-refractivity contribution in [1.29, 1.82) is 0 Å². The summed E-state index contributed by atoms with van der Waals surface area (Å²) in [5, 5.41) is 4.52. The Kier molecular flexibility index (Phi) is 9.65. The van der Waals surface area contributed by atoms with Gasteiger partial charge >= 0.3 is 0 Å². The minimum absolute atomic E-state index is 0.330. The molecule has 1 atom stereocenters. The molecule has 150 valence electrons. The van der Waals surface area contributed by atoms with Crippen LogP contribution in [0.4, 0.5) is 0 Å². The Bertz CT molecular complexity index is 868. The van der Waals surface area contributed by atoms with Gasteiger partial charge in [-0.1, -0.05) is 68.8 Å². The average molecular weight is 413 g/mol. The van der Waals surface area contributed by atoms with Crippen molar-refractivity contribution in [3.63, 3.8) is 0 Å². The molecule has 0 amide bonds. The molecule has 6 nitrogen and oxygen atoms in total. The zero-order valence-electron chi connectivity index (χ0n) is 15.7. The lowest BCUT2D eigenvalue weighted by molar-refractivity contribution is 0.577. The fourth-order valence-electron chi connectivity index (χ4n) is 2.39. The predicted octanol–water partition coefficient (Wildman–Crippen LogP) is 3.19. The van der Waals surface area contributed by atoms with Crippen LogP contribution in [-0.2, 0) is 20.0 Å². The zero-order chi connectivity index (χ0) is 20.3. The molecular formula is C19H28N2O4S2. The first-order valence-electron chi connectivity index (χ1n) is 8.83. The van der Waals surface area contributed by atoms with Gasteiger partial charge in [0.2, 0.25) is 20.0 Å². The third-order valence-electron chi connectivity index (χ3n) is 3.81. The minimum Gasteiger partial charge on any atom is -0.228 e. The molecule has 0 fully saturated rings. The van der Waals surface area contributed by atoms with Gasteiger partial charge in [-0.25, -0.2) is 26.7 Å². The molecule has 0 aromatic heterocycles. The lowest BCUT2D eigenvalue weighted by Gasteiger charge is -2.11. The van der Waals surface area contributed by atoms with Gasteiger partial charge in [0.05, 0.1) is 10.1 Å². The predicted molar refractivity (Wildman–Crippen MR) is 109 cm³/mol. The van der Waals surface area contributed by atoms with E-state index in [0.29, 0.717) is 17.9 Å². The van der Waals surface area contributed by atoms with E-state index in [-0.39, 0.29) is 0 Å². The van der Waals surface area contributed by atoms with E-state index < -0.39 is 25.3 Å². The van der Waals surface area contributed by atoms with Crippen LogP contribution in [-0.4, -0.2) is 23.4 Å². The Morgan fingerprint density at radius 3 is 1.85 bits per heavy atom. The molecule has 2 rings (SSSR count). The van der Waals surface area contributed by atoms with Crippen molar-refractivity contribution in [2.75, 3.05) is 6.54 Å². The van der Waals surface area contributed by atoms with E-state index in [2.05, 4.69) is 4.72 Å². The number of rotatable bonds is 8. The quantitative estimate of drug-likeness (QED) is 0.649. The second-order valence-electron chi connectivity index (χ2n) is 5.96. The van der Waals surface area contributed by atoms with Crippen LogP contribution in [0.2, 0.25) is 0 Å². The van der Waals surface area contributed by atoms with Gasteiger partial charge in [0.25, 0.3) is 0 Å². The molecule has 0 spiro atoms. The van der Waals surface area contributed by atoms with Gasteiger partial charge in [-0.2, -0.15) is 0 Å². The molecule has 1 unspecified atom stereocenters. The van der Waals surface area contributed by atoms with Gasteiger partial charge < -0.3 is 0 Å². The molecule has 27 heavy (non-hydrogen) atoms. The molecule has 0 aliphatic carbocycles. The van der Waals surface area contributed by atoms with E-state index in [0.717, 1.165) is 18.4 Å². The molecule has 2 aromatic rings. The van der Waals surface area contributed by atoms with Crippen LogP contribution in [0.1, 0.15) is 43.9 Å². The van der Waals surface area contributed by atoms with Crippen LogP contribution >= 0.6 is 0 Å². The molecule has 2 aromatic carbocycles. The summed E-state index contributed by atoms with van der Waals surface area (Å²) in [4.78, 5) is 0.330. The molecule has 0 bridgehead atoms. The monoisotopic (exact) mass is 412 g/mol. The Hall–Kier alpha value is -1.74. The molecule has 0 saturated carbocycles. The lowest BCUT2D eigenvalue weighted by atomic mass is 10.1. The Balaban J connectivity index is 0.000000271. The number of nitrogens with one attached hydrogen (secondary N) is 1. The number of primary sulfonamides is 1. The van der Waals surface area contributed by atoms with E-state index in [4.69, 9.17) is 5.14 Å². The molecule has 8 heteroatoms. The Morgan fingerprint density at radius 1 is 0.889 bits per heavy atom. The van der Waals surface area contributed by atoms with E-state index in [1.165, 1.54) is 0 Å². The summed E-state index contributed by atoms with van der Waals surface area (Å²) < 4.78 is 48.0. The first-order chi connectivity index (χ1) is 12.7. The number of nitrogens with two attached hydrogens (primary N) is 1. The van der Waals surface area contributed by atoms with E-state index in [1.54, 1.807) is 42.5 Å². The van der Waals surface area contributed by atoms with Crippen molar-refractivity contribution in [2.45, 2.75) is 43.3 Å². The third-order valence-corrected chi connectivity index (χ3v) is 6.69. The van der Waals surface area contributed by atoms with Gasteiger partial charge in [-0.05, 0) is 30.5 Å². The lowest BCUT2D eigenvalue weighted by Crippen LogP contribution is -2.24. The summed E-state index contributed by atoms with van der Waals surface area (Å²) in [5.41, 5.74) is 0.757. The standard InChI is InChI=1S/C10H15NO2S.C9H13NO2S/c1-2-3-9-11-14(12,13)10-7-5-4-6-8-10;1-2-9(13(10,11)12)8-6-4-3-5-7-8/h4-8,11H,2-3,9H2,1H3;3-7,9H,2H2,1H3,(H2,10,11,12). The molecule has 0 radical (unpaired) electrons. The van der Waals surface area contributed by atoms with Crippen molar-refractivity contribution < 1.29 is 16.8 Å². The fraction of sp³-hybridized carbons (Fsp3) is 0.368. The second-order valence-corrected chi connectivity index (χ2v) is 9.48. The molecule has 3 N–H and O–H groups in total. The summed E-state index contributed by atoms with van der Waals surface area (Å²) in [6, 6.07) is 17.4. The van der Waals surface area contributed by atoms with Crippen molar-refractivity contribution >= 4 is 20.0 Å². The Labute approximate surface area is 162 Å². The second kappa shape index (κ2) is 11.2. The number of hydrogen-bond donors (Lipinski definition) is 2. The SMILES string of the molecule is CCC(c1ccccc1)S(N)(=O)=O.CCCCNS(=O)(=O)c1ccccc1. The van der Waals surface area contributed by atoms with E-state index in [9.17, 15) is 16.8 Å². The van der Waals surface area contributed by atoms with Gasteiger partial charge in [-0.15, -0.1) is 0 Å².